The third kappa shape index (κ3) is 6.45. The first-order valence-corrected chi connectivity index (χ1v) is 7.86. The van der Waals surface area contributed by atoms with E-state index in [9.17, 15) is 19.5 Å². The molecule has 0 radical (unpaired) electrons. The fourth-order valence-corrected chi connectivity index (χ4v) is 2.29. The normalized spacial score (nSPS) is 28.7. The zero-order valence-electron chi connectivity index (χ0n) is 14.5. The molecule has 0 unspecified atom stereocenters. The maximum absolute atomic E-state index is 11.6. The summed E-state index contributed by atoms with van der Waals surface area (Å²) in [5.74, 6) is -1.78. The molecule has 1 N–H and O–H groups in total. The zero-order valence-corrected chi connectivity index (χ0v) is 14.5. The summed E-state index contributed by atoms with van der Waals surface area (Å²) in [7, 11) is 0. The van der Waals surface area contributed by atoms with E-state index in [2.05, 4.69) is 6.58 Å². The van der Waals surface area contributed by atoms with Gasteiger partial charge in [-0.1, -0.05) is 13.0 Å². The molecular weight excluding hydrogens is 336 g/mol. The van der Waals surface area contributed by atoms with Crippen LogP contribution in [-0.4, -0.2) is 66.9 Å². The summed E-state index contributed by atoms with van der Waals surface area (Å²) in [6.07, 6.45) is -4.31. The van der Waals surface area contributed by atoms with Gasteiger partial charge in [0.25, 0.3) is 0 Å². The largest absolute Gasteiger partial charge is 0.463 e. The second-order valence-corrected chi connectivity index (χ2v) is 5.34. The number of carbonyl (C=O) groups is 3. The van der Waals surface area contributed by atoms with Crippen molar-refractivity contribution in [3.63, 3.8) is 0 Å². The highest BCUT2D eigenvalue weighted by atomic mass is 16.7. The second-order valence-electron chi connectivity index (χ2n) is 5.34. The van der Waals surface area contributed by atoms with E-state index in [0.29, 0.717) is 0 Å². The minimum Gasteiger partial charge on any atom is -0.463 e. The molecule has 0 amide bonds. The lowest BCUT2D eigenvalue weighted by molar-refractivity contribution is -0.299. The van der Waals surface area contributed by atoms with Crippen molar-refractivity contribution in [1.29, 1.82) is 0 Å². The van der Waals surface area contributed by atoms with Crippen LogP contribution in [0.4, 0.5) is 0 Å². The van der Waals surface area contributed by atoms with E-state index in [-0.39, 0.29) is 19.6 Å². The Kier molecular flexibility index (Phi) is 8.53. The Labute approximate surface area is 145 Å². The first-order valence-electron chi connectivity index (χ1n) is 7.86. The van der Waals surface area contributed by atoms with Crippen LogP contribution >= 0.6 is 0 Å². The summed E-state index contributed by atoms with van der Waals surface area (Å²) in [6.45, 7) is 7.29. The number of aliphatic hydroxyl groups is 1. The number of ether oxygens (including phenoxy) is 5. The van der Waals surface area contributed by atoms with Gasteiger partial charge in [-0.05, 0) is 0 Å². The van der Waals surface area contributed by atoms with Gasteiger partial charge in [0.05, 0.1) is 6.61 Å². The molecule has 0 aliphatic carbocycles. The monoisotopic (exact) mass is 360 g/mol. The van der Waals surface area contributed by atoms with Crippen LogP contribution in [0.25, 0.3) is 0 Å². The van der Waals surface area contributed by atoms with Crippen LogP contribution in [0, 0.1) is 0 Å². The summed E-state index contributed by atoms with van der Waals surface area (Å²) in [5.41, 5.74) is 0. The number of esters is 3. The molecule has 25 heavy (non-hydrogen) atoms. The van der Waals surface area contributed by atoms with Gasteiger partial charge in [0.15, 0.2) is 18.5 Å². The van der Waals surface area contributed by atoms with Crippen molar-refractivity contribution in [2.45, 2.75) is 57.9 Å². The van der Waals surface area contributed by atoms with Crippen LogP contribution in [-0.2, 0) is 38.1 Å². The fraction of sp³-hybridized carbons (Fsp3) is 0.688. The molecule has 0 aromatic carbocycles. The number of rotatable bonds is 8. The van der Waals surface area contributed by atoms with Crippen molar-refractivity contribution in [2.24, 2.45) is 0 Å². The van der Waals surface area contributed by atoms with Crippen molar-refractivity contribution in [3.05, 3.63) is 12.7 Å². The number of aliphatic hydroxyl groups excluding tert-OH is 1. The topological polar surface area (TPSA) is 118 Å². The van der Waals surface area contributed by atoms with Gasteiger partial charge >= 0.3 is 17.9 Å². The van der Waals surface area contributed by atoms with E-state index in [1.54, 1.807) is 6.92 Å². The van der Waals surface area contributed by atoms with Crippen LogP contribution in [0.3, 0.4) is 0 Å². The number of hydrogen-bond acceptors (Lipinski definition) is 9. The van der Waals surface area contributed by atoms with Crippen LogP contribution in [0.2, 0.25) is 0 Å². The quantitative estimate of drug-likeness (QED) is 0.365. The minimum absolute atomic E-state index is 0.0512. The highest BCUT2D eigenvalue weighted by Crippen LogP contribution is 2.28. The van der Waals surface area contributed by atoms with Crippen molar-refractivity contribution in [2.75, 3.05) is 13.2 Å². The first kappa shape index (κ1) is 21.1. The average molecular weight is 360 g/mol. The first-order chi connectivity index (χ1) is 11.8. The molecule has 142 valence electrons. The molecule has 9 nitrogen and oxygen atoms in total. The predicted octanol–water partition coefficient (Wildman–Crippen LogP) is 0.0914. The Morgan fingerprint density at radius 3 is 2.32 bits per heavy atom. The third-order valence-electron chi connectivity index (χ3n) is 3.32. The van der Waals surface area contributed by atoms with Gasteiger partial charge in [0.2, 0.25) is 0 Å². The molecule has 1 aliphatic rings. The minimum atomic E-state index is -1.54. The Balaban J connectivity index is 3.07. The average Bonchev–Trinajstić information content (AvgIpc) is 2.54. The number of carbonyl (C=O) groups excluding carboxylic acids is 3. The van der Waals surface area contributed by atoms with Crippen LogP contribution in [0.15, 0.2) is 12.7 Å². The lowest BCUT2D eigenvalue weighted by atomic mass is 9.98. The Morgan fingerprint density at radius 1 is 1.12 bits per heavy atom. The van der Waals surface area contributed by atoms with Crippen molar-refractivity contribution < 1.29 is 43.2 Å². The van der Waals surface area contributed by atoms with E-state index >= 15 is 0 Å². The van der Waals surface area contributed by atoms with Crippen LogP contribution in [0.1, 0.15) is 27.2 Å². The van der Waals surface area contributed by atoms with Gasteiger partial charge < -0.3 is 28.8 Å². The molecule has 1 fully saturated rings. The molecule has 1 aliphatic heterocycles. The standard InChI is InChI=1S/C16H24O9/c1-5-7-21-14-13(23-10(4)18)11(8-22-9(3)17)24-16(20)15(14)25-12(19)6-2/h5,11,13-16,20H,1,6-8H2,2-4H3/t11-,13-,14+,15-,16+/m1/s1. The molecule has 0 saturated carbocycles. The molecule has 9 heteroatoms. The SMILES string of the molecule is C=CCO[C@@H]1[C@@H](OC(=O)CC)[C@@H](O)O[C@H](COC(C)=O)[C@H]1OC(C)=O. The van der Waals surface area contributed by atoms with Gasteiger partial charge in [-0.25, -0.2) is 0 Å². The highest BCUT2D eigenvalue weighted by molar-refractivity contribution is 5.69. The van der Waals surface area contributed by atoms with Gasteiger partial charge in [-0.2, -0.15) is 0 Å². The fourth-order valence-electron chi connectivity index (χ4n) is 2.29. The molecule has 5 atom stereocenters. The molecular formula is C16H24O9. The molecule has 0 spiro atoms. The molecule has 1 rings (SSSR count). The van der Waals surface area contributed by atoms with E-state index in [1.807, 2.05) is 0 Å². The van der Waals surface area contributed by atoms with E-state index in [1.165, 1.54) is 19.9 Å². The van der Waals surface area contributed by atoms with Gasteiger partial charge in [-0.3, -0.25) is 14.4 Å². The highest BCUT2D eigenvalue weighted by Gasteiger charge is 2.50. The van der Waals surface area contributed by atoms with Crippen LogP contribution < -0.4 is 0 Å². The smallest absolute Gasteiger partial charge is 0.306 e. The van der Waals surface area contributed by atoms with Gasteiger partial charge in [0, 0.05) is 20.3 Å². The summed E-state index contributed by atoms with van der Waals surface area (Å²) in [5, 5.41) is 10.2. The third-order valence-corrected chi connectivity index (χ3v) is 3.32. The molecule has 1 saturated heterocycles. The molecule has 1 heterocycles. The Bertz CT molecular complexity index is 490. The van der Waals surface area contributed by atoms with E-state index in [0.717, 1.165) is 0 Å². The maximum atomic E-state index is 11.6. The van der Waals surface area contributed by atoms with E-state index < -0.39 is 48.6 Å². The van der Waals surface area contributed by atoms with Crippen molar-refractivity contribution in [1.82, 2.24) is 0 Å². The molecule has 0 aromatic rings. The zero-order chi connectivity index (χ0) is 19.0. The molecule has 0 aromatic heterocycles. The predicted molar refractivity (Wildman–Crippen MR) is 83.2 cm³/mol. The van der Waals surface area contributed by atoms with Gasteiger partial charge in [-0.15, -0.1) is 6.58 Å². The van der Waals surface area contributed by atoms with E-state index in [4.69, 9.17) is 23.7 Å². The van der Waals surface area contributed by atoms with Gasteiger partial charge in [0.1, 0.15) is 18.8 Å². The molecule has 0 bridgehead atoms. The summed E-state index contributed by atoms with van der Waals surface area (Å²) < 4.78 is 26.2. The lowest BCUT2D eigenvalue weighted by Crippen LogP contribution is -2.62. The second kappa shape index (κ2) is 10.1. The summed E-state index contributed by atoms with van der Waals surface area (Å²) in [6, 6.07) is 0. The van der Waals surface area contributed by atoms with Crippen LogP contribution in [0.5, 0.6) is 0 Å². The van der Waals surface area contributed by atoms with Crippen molar-refractivity contribution in [3.8, 4) is 0 Å². The summed E-state index contributed by atoms with van der Waals surface area (Å²) in [4.78, 5) is 34.1. The Morgan fingerprint density at radius 2 is 1.80 bits per heavy atom. The lowest BCUT2D eigenvalue weighted by Gasteiger charge is -2.43. The Hall–Kier alpha value is -1.97. The maximum Gasteiger partial charge on any atom is 0.306 e. The number of hydrogen-bond donors (Lipinski definition) is 1. The summed E-state index contributed by atoms with van der Waals surface area (Å²) >= 11 is 0. The van der Waals surface area contributed by atoms with Crippen molar-refractivity contribution >= 4 is 17.9 Å².